The Labute approximate surface area is 52.7 Å². The maximum absolute atomic E-state index is 12.5. The Morgan fingerprint density at radius 2 is 2.22 bits per heavy atom. The van der Waals surface area contributed by atoms with Crippen LogP contribution in [0.5, 0.6) is 0 Å². The lowest BCUT2D eigenvalue weighted by atomic mass is 10.1. The van der Waals surface area contributed by atoms with Gasteiger partial charge in [0, 0.05) is 0 Å². The SMILES string of the molecule is O=C(O)[C@@H]1CCC[C@@H]1F. The minimum Gasteiger partial charge on any atom is -0.481 e. The molecule has 0 saturated heterocycles. The molecule has 1 rings (SSSR count). The Hall–Kier alpha value is -0.600. The number of aliphatic carboxylic acids is 1. The number of rotatable bonds is 1. The van der Waals surface area contributed by atoms with E-state index in [1.807, 2.05) is 0 Å². The first-order chi connectivity index (χ1) is 4.22. The molecule has 1 aliphatic rings. The van der Waals surface area contributed by atoms with Crippen molar-refractivity contribution in [2.75, 3.05) is 0 Å². The molecule has 1 N–H and O–H groups in total. The van der Waals surface area contributed by atoms with Crippen LogP contribution >= 0.6 is 0 Å². The Morgan fingerprint density at radius 1 is 1.56 bits per heavy atom. The molecule has 0 radical (unpaired) electrons. The molecule has 0 heterocycles. The third-order valence-electron chi connectivity index (χ3n) is 1.75. The van der Waals surface area contributed by atoms with Gasteiger partial charge in [0.15, 0.2) is 0 Å². The van der Waals surface area contributed by atoms with E-state index in [0.717, 1.165) is 6.42 Å². The van der Waals surface area contributed by atoms with E-state index < -0.39 is 18.1 Å². The molecule has 1 saturated carbocycles. The molecule has 1 fully saturated rings. The highest BCUT2D eigenvalue weighted by atomic mass is 19.1. The fourth-order valence-corrected chi connectivity index (χ4v) is 1.19. The summed E-state index contributed by atoms with van der Waals surface area (Å²) in [5.41, 5.74) is 0. The van der Waals surface area contributed by atoms with Crippen molar-refractivity contribution >= 4 is 5.97 Å². The largest absolute Gasteiger partial charge is 0.481 e. The first-order valence-corrected chi connectivity index (χ1v) is 3.08. The molecule has 0 aromatic rings. The van der Waals surface area contributed by atoms with Gasteiger partial charge in [-0.05, 0) is 19.3 Å². The second-order valence-electron chi connectivity index (χ2n) is 2.39. The van der Waals surface area contributed by atoms with Crippen molar-refractivity contribution in [3.8, 4) is 0 Å². The summed E-state index contributed by atoms with van der Waals surface area (Å²) in [7, 11) is 0. The van der Waals surface area contributed by atoms with E-state index in [9.17, 15) is 9.18 Å². The minimum absolute atomic E-state index is 0.428. The van der Waals surface area contributed by atoms with Gasteiger partial charge in [-0.25, -0.2) is 4.39 Å². The van der Waals surface area contributed by atoms with Crippen LogP contribution in [0.25, 0.3) is 0 Å². The molecule has 52 valence electrons. The van der Waals surface area contributed by atoms with Gasteiger partial charge >= 0.3 is 5.97 Å². The summed E-state index contributed by atoms with van der Waals surface area (Å²) < 4.78 is 12.5. The van der Waals surface area contributed by atoms with Crippen LogP contribution in [0.4, 0.5) is 4.39 Å². The Balaban J connectivity index is 2.49. The zero-order valence-electron chi connectivity index (χ0n) is 5.01. The second kappa shape index (κ2) is 2.33. The summed E-state index contributed by atoms with van der Waals surface area (Å²) in [4.78, 5) is 10.2. The molecule has 0 spiro atoms. The zero-order valence-corrected chi connectivity index (χ0v) is 5.01. The molecule has 3 heteroatoms. The van der Waals surface area contributed by atoms with Gasteiger partial charge in [-0.1, -0.05) is 0 Å². The maximum Gasteiger partial charge on any atom is 0.309 e. The number of carbonyl (C=O) groups is 1. The molecule has 0 aromatic carbocycles. The second-order valence-corrected chi connectivity index (χ2v) is 2.39. The van der Waals surface area contributed by atoms with Gasteiger partial charge < -0.3 is 5.11 Å². The molecule has 1 aliphatic carbocycles. The monoisotopic (exact) mass is 132 g/mol. The van der Waals surface area contributed by atoms with Crippen LogP contribution in [0.1, 0.15) is 19.3 Å². The van der Waals surface area contributed by atoms with E-state index in [4.69, 9.17) is 5.11 Å². The highest BCUT2D eigenvalue weighted by molar-refractivity contribution is 5.71. The van der Waals surface area contributed by atoms with Gasteiger partial charge in [-0.2, -0.15) is 0 Å². The number of hydrogen-bond acceptors (Lipinski definition) is 1. The molecule has 0 unspecified atom stereocenters. The number of alkyl halides is 1. The van der Waals surface area contributed by atoms with Crippen molar-refractivity contribution in [3.63, 3.8) is 0 Å². The lowest BCUT2D eigenvalue weighted by Gasteiger charge is -2.03. The average Bonchev–Trinajstić information content (AvgIpc) is 2.13. The van der Waals surface area contributed by atoms with Gasteiger partial charge in [0.1, 0.15) is 6.17 Å². The van der Waals surface area contributed by atoms with Gasteiger partial charge in [-0.15, -0.1) is 0 Å². The minimum atomic E-state index is -1.09. The van der Waals surface area contributed by atoms with Crippen molar-refractivity contribution in [2.24, 2.45) is 5.92 Å². The van der Waals surface area contributed by atoms with Crippen molar-refractivity contribution < 1.29 is 14.3 Å². The van der Waals surface area contributed by atoms with E-state index in [1.54, 1.807) is 0 Å². The fourth-order valence-electron chi connectivity index (χ4n) is 1.19. The summed E-state index contributed by atoms with van der Waals surface area (Å²) >= 11 is 0. The van der Waals surface area contributed by atoms with Crippen LogP contribution in [0.3, 0.4) is 0 Å². The van der Waals surface area contributed by atoms with Crippen LogP contribution in [0.2, 0.25) is 0 Å². The number of carboxylic acid groups (broad SMARTS) is 1. The summed E-state index contributed by atoms with van der Waals surface area (Å²) in [6.45, 7) is 0. The van der Waals surface area contributed by atoms with Gasteiger partial charge in [-0.3, -0.25) is 4.79 Å². The van der Waals surface area contributed by atoms with E-state index in [0.29, 0.717) is 12.8 Å². The Morgan fingerprint density at radius 3 is 2.44 bits per heavy atom. The van der Waals surface area contributed by atoms with E-state index in [2.05, 4.69) is 0 Å². The third kappa shape index (κ3) is 1.20. The zero-order chi connectivity index (χ0) is 6.85. The topological polar surface area (TPSA) is 37.3 Å². The molecule has 0 amide bonds. The quantitative estimate of drug-likeness (QED) is 0.582. The van der Waals surface area contributed by atoms with Crippen molar-refractivity contribution in [1.29, 1.82) is 0 Å². The highest BCUT2D eigenvalue weighted by Crippen LogP contribution is 2.27. The van der Waals surface area contributed by atoms with E-state index >= 15 is 0 Å². The molecule has 0 bridgehead atoms. The van der Waals surface area contributed by atoms with Gasteiger partial charge in [0.25, 0.3) is 0 Å². The maximum atomic E-state index is 12.5. The lowest BCUT2D eigenvalue weighted by Crippen LogP contribution is -2.18. The summed E-state index contributed by atoms with van der Waals surface area (Å²) in [6, 6.07) is 0. The standard InChI is InChI=1S/C6H9FO2/c7-5-3-1-2-4(5)6(8)9/h4-5H,1-3H2,(H,8,9)/t4-,5+/m1/s1. The van der Waals surface area contributed by atoms with Crippen LogP contribution in [0.15, 0.2) is 0 Å². The summed E-state index contributed by atoms with van der Waals surface area (Å²) in [6.07, 6.45) is 0.563. The van der Waals surface area contributed by atoms with Crippen LogP contribution < -0.4 is 0 Å². The van der Waals surface area contributed by atoms with Gasteiger partial charge in [0.2, 0.25) is 0 Å². The molecule has 2 atom stereocenters. The normalized spacial score (nSPS) is 34.8. The first-order valence-electron chi connectivity index (χ1n) is 3.08. The molecular formula is C6H9FO2. The van der Waals surface area contributed by atoms with E-state index in [-0.39, 0.29) is 0 Å². The average molecular weight is 132 g/mol. The molecular weight excluding hydrogens is 123 g/mol. The van der Waals surface area contributed by atoms with Crippen molar-refractivity contribution in [1.82, 2.24) is 0 Å². The third-order valence-corrected chi connectivity index (χ3v) is 1.75. The lowest BCUT2D eigenvalue weighted by molar-refractivity contribution is -0.143. The molecule has 9 heavy (non-hydrogen) atoms. The molecule has 0 aromatic heterocycles. The Kier molecular flexibility index (Phi) is 1.69. The van der Waals surface area contributed by atoms with Crippen molar-refractivity contribution in [3.05, 3.63) is 0 Å². The molecule has 2 nitrogen and oxygen atoms in total. The van der Waals surface area contributed by atoms with Crippen LogP contribution in [-0.4, -0.2) is 17.2 Å². The first kappa shape index (κ1) is 6.52. The summed E-state index contributed by atoms with van der Waals surface area (Å²) in [5, 5.41) is 8.34. The predicted molar refractivity (Wildman–Crippen MR) is 29.9 cm³/mol. The van der Waals surface area contributed by atoms with Crippen LogP contribution in [-0.2, 0) is 4.79 Å². The number of hydrogen-bond donors (Lipinski definition) is 1. The smallest absolute Gasteiger partial charge is 0.309 e. The van der Waals surface area contributed by atoms with E-state index in [1.165, 1.54) is 0 Å². The molecule has 0 aliphatic heterocycles. The predicted octanol–water partition coefficient (Wildman–Crippen LogP) is 1.21. The van der Waals surface area contributed by atoms with Gasteiger partial charge in [0.05, 0.1) is 5.92 Å². The summed E-state index contributed by atoms with van der Waals surface area (Å²) in [5.74, 6) is -1.70. The highest BCUT2D eigenvalue weighted by Gasteiger charge is 2.32. The number of halogens is 1. The Bertz CT molecular complexity index is 124. The van der Waals surface area contributed by atoms with Crippen molar-refractivity contribution in [2.45, 2.75) is 25.4 Å². The fraction of sp³-hybridized carbons (Fsp3) is 0.833. The number of carboxylic acids is 1. The van der Waals surface area contributed by atoms with Crippen LogP contribution in [0, 0.1) is 5.92 Å².